The summed E-state index contributed by atoms with van der Waals surface area (Å²) in [6.07, 6.45) is 0. The van der Waals surface area contributed by atoms with E-state index in [2.05, 4.69) is 16.3 Å². The summed E-state index contributed by atoms with van der Waals surface area (Å²) in [5.41, 5.74) is 3.40. The van der Waals surface area contributed by atoms with Crippen LogP contribution in [0.15, 0.2) is 48.5 Å². The number of hydrogen-bond acceptors (Lipinski definition) is 2. The average molecular weight is 270 g/mol. The number of anilines is 2. The molecule has 2 aromatic rings. The van der Waals surface area contributed by atoms with Crippen molar-refractivity contribution in [2.45, 2.75) is 6.54 Å². The lowest BCUT2D eigenvalue weighted by atomic mass is 10.1. The summed E-state index contributed by atoms with van der Waals surface area (Å²) in [7, 11) is 1.67. The van der Waals surface area contributed by atoms with Crippen molar-refractivity contribution in [1.29, 1.82) is 0 Å². The first kappa shape index (κ1) is 12.0. The van der Waals surface area contributed by atoms with E-state index in [0.717, 1.165) is 28.8 Å². The minimum atomic E-state index is 0.726. The first-order valence-corrected chi connectivity index (χ1v) is 6.49. The number of ether oxygens (including phenoxy) is 1. The van der Waals surface area contributed by atoms with E-state index in [-0.39, 0.29) is 0 Å². The number of nitrogens with zero attached hydrogens (tertiary/aromatic N) is 1. The van der Waals surface area contributed by atoms with Crippen molar-refractivity contribution in [3.8, 4) is 5.75 Å². The highest BCUT2D eigenvalue weighted by atomic mass is 32.1. The van der Waals surface area contributed by atoms with E-state index in [4.69, 9.17) is 17.0 Å². The molecule has 0 bridgehead atoms. The molecule has 96 valence electrons. The van der Waals surface area contributed by atoms with Gasteiger partial charge >= 0.3 is 0 Å². The van der Waals surface area contributed by atoms with Crippen molar-refractivity contribution >= 4 is 28.7 Å². The fourth-order valence-corrected chi connectivity index (χ4v) is 2.46. The number of para-hydroxylation sites is 1. The molecule has 1 aliphatic rings. The van der Waals surface area contributed by atoms with Gasteiger partial charge in [0.15, 0.2) is 5.11 Å². The van der Waals surface area contributed by atoms with Gasteiger partial charge in [-0.2, -0.15) is 0 Å². The standard InChI is InChI=1S/C15H14N2OS/c1-18-13-8-6-12(7-9-13)17-10-11-4-2-3-5-14(11)16-15(17)19/h2-9H,10H2,1H3,(H,16,19). The van der Waals surface area contributed by atoms with Crippen LogP contribution in [0.4, 0.5) is 11.4 Å². The predicted octanol–water partition coefficient (Wildman–Crippen LogP) is 3.41. The first-order chi connectivity index (χ1) is 9.28. The number of benzene rings is 2. The van der Waals surface area contributed by atoms with Gasteiger partial charge in [0.25, 0.3) is 0 Å². The molecule has 0 unspecified atom stereocenters. The topological polar surface area (TPSA) is 24.5 Å². The normalized spacial score (nSPS) is 13.7. The summed E-state index contributed by atoms with van der Waals surface area (Å²) in [6.45, 7) is 0.786. The first-order valence-electron chi connectivity index (χ1n) is 6.08. The molecule has 0 aliphatic carbocycles. The fraction of sp³-hybridized carbons (Fsp3) is 0.133. The van der Waals surface area contributed by atoms with Crippen LogP contribution in [0.1, 0.15) is 5.56 Å². The van der Waals surface area contributed by atoms with Gasteiger partial charge in [0.2, 0.25) is 0 Å². The van der Waals surface area contributed by atoms with Crippen LogP contribution in [0.2, 0.25) is 0 Å². The van der Waals surface area contributed by atoms with Gasteiger partial charge < -0.3 is 15.0 Å². The highest BCUT2D eigenvalue weighted by Gasteiger charge is 2.20. The Kier molecular flexibility index (Phi) is 3.09. The van der Waals surface area contributed by atoms with Gasteiger partial charge in [-0.3, -0.25) is 0 Å². The lowest BCUT2D eigenvalue weighted by molar-refractivity contribution is 0.415. The quantitative estimate of drug-likeness (QED) is 0.845. The Balaban J connectivity index is 1.91. The maximum absolute atomic E-state index is 5.43. The summed E-state index contributed by atoms with van der Waals surface area (Å²) < 4.78 is 5.17. The number of nitrogens with one attached hydrogen (secondary N) is 1. The molecule has 0 radical (unpaired) electrons. The highest BCUT2D eigenvalue weighted by molar-refractivity contribution is 7.80. The minimum absolute atomic E-state index is 0.726. The third-order valence-electron chi connectivity index (χ3n) is 3.22. The maximum atomic E-state index is 5.43. The lowest BCUT2D eigenvalue weighted by Crippen LogP contribution is -2.38. The molecule has 1 aliphatic heterocycles. The van der Waals surface area contributed by atoms with Gasteiger partial charge in [-0.05, 0) is 48.1 Å². The van der Waals surface area contributed by atoms with Crippen LogP contribution in [0.25, 0.3) is 0 Å². The third-order valence-corrected chi connectivity index (χ3v) is 3.54. The molecule has 0 spiro atoms. The van der Waals surface area contributed by atoms with E-state index in [1.807, 2.05) is 42.5 Å². The van der Waals surface area contributed by atoms with Gasteiger partial charge in [0.05, 0.1) is 13.7 Å². The summed E-state index contributed by atoms with van der Waals surface area (Å²) in [4.78, 5) is 2.08. The Morgan fingerprint density at radius 1 is 1.11 bits per heavy atom. The third kappa shape index (κ3) is 2.27. The van der Waals surface area contributed by atoms with Crippen molar-refractivity contribution in [3.63, 3.8) is 0 Å². The second kappa shape index (κ2) is 4.90. The second-order valence-corrected chi connectivity index (χ2v) is 4.76. The molecule has 0 saturated heterocycles. The van der Waals surface area contributed by atoms with E-state index in [1.165, 1.54) is 5.56 Å². The molecular weight excluding hydrogens is 256 g/mol. The van der Waals surface area contributed by atoms with E-state index >= 15 is 0 Å². The fourth-order valence-electron chi connectivity index (χ4n) is 2.18. The van der Waals surface area contributed by atoms with Gasteiger partial charge in [0, 0.05) is 11.4 Å². The van der Waals surface area contributed by atoms with E-state index in [9.17, 15) is 0 Å². The Bertz CT molecular complexity index is 610. The SMILES string of the molecule is COc1ccc(N2Cc3ccccc3NC2=S)cc1. The van der Waals surface area contributed by atoms with Crippen LogP contribution in [-0.4, -0.2) is 12.2 Å². The molecule has 19 heavy (non-hydrogen) atoms. The summed E-state index contributed by atoms with van der Waals surface area (Å²) in [5.74, 6) is 0.847. The van der Waals surface area contributed by atoms with Gasteiger partial charge in [-0.1, -0.05) is 18.2 Å². The maximum Gasteiger partial charge on any atom is 0.178 e. The minimum Gasteiger partial charge on any atom is -0.497 e. The molecule has 0 amide bonds. The molecule has 1 heterocycles. The molecule has 3 nitrogen and oxygen atoms in total. The Morgan fingerprint density at radius 3 is 2.58 bits per heavy atom. The number of methoxy groups -OCH3 is 1. The van der Waals surface area contributed by atoms with Gasteiger partial charge in [-0.15, -0.1) is 0 Å². The van der Waals surface area contributed by atoms with E-state index in [1.54, 1.807) is 7.11 Å². The lowest BCUT2D eigenvalue weighted by Gasteiger charge is -2.32. The summed E-state index contributed by atoms with van der Waals surface area (Å²) in [5, 5.41) is 3.99. The van der Waals surface area contributed by atoms with Crippen LogP contribution in [0.3, 0.4) is 0 Å². The van der Waals surface area contributed by atoms with Crippen LogP contribution in [0.5, 0.6) is 5.75 Å². The van der Waals surface area contributed by atoms with Crippen LogP contribution < -0.4 is 15.0 Å². The Morgan fingerprint density at radius 2 is 1.84 bits per heavy atom. The van der Waals surface area contributed by atoms with E-state index in [0.29, 0.717) is 0 Å². The average Bonchev–Trinajstić information content (AvgIpc) is 2.47. The number of fused-ring (bicyclic) bond motifs is 1. The largest absolute Gasteiger partial charge is 0.497 e. The molecule has 4 heteroatoms. The van der Waals surface area contributed by atoms with Crippen molar-refractivity contribution in [3.05, 3.63) is 54.1 Å². The van der Waals surface area contributed by atoms with Crippen molar-refractivity contribution in [2.75, 3.05) is 17.3 Å². The smallest absolute Gasteiger partial charge is 0.178 e. The molecule has 0 saturated carbocycles. The van der Waals surface area contributed by atoms with Gasteiger partial charge in [-0.25, -0.2) is 0 Å². The molecule has 2 aromatic carbocycles. The molecule has 0 atom stereocenters. The zero-order valence-corrected chi connectivity index (χ0v) is 11.4. The number of hydrogen-bond donors (Lipinski definition) is 1. The zero-order chi connectivity index (χ0) is 13.2. The molecular formula is C15H14N2OS. The zero-order valence-electron chi connectivity index (χ0n) is 10.6. The van der Waals surface area contributed by atoms with Crippen molar-refractivity contribution < 1.29 is 4.74 Å². The molecule has 3 rings (SSSR count). The van der Waals surface area contributed by atoms with Crippen molar-refractivity contribution in [1.82, 2.24) is 0 Å². The van der Waals surface area contributed by atoms with Crippen LogP contribution in [-0.2, 0) is 6.54 Å². The van der Waals surface area contributed by atoms with E-state index < -0.39 is 0 Å². The summed E-state index contributed by atoms with van der Waals surface area (Å²) >= 11 is 5.43. The second-order valence-electron chi connectivity index (χ2n) is 4.37. The Labute approximate surface area is 117 Å². The Hall–Kier alpha value is -2.07. The van der Waals surface area contributed by atoms with Crippen LogP contribution in [0, 0.1) is 0 Å². The molecule has 0 fully saturated rings. The predicted molar refractivity (Wildman–Crippen MR) is 81.8 cm³/mol. The highest BCUT2D eigenvalue weighted by Crippen LogP contribution is 2.28. The van der Waals surface area contributed by atoms with Gasteiger partial charge in [0.1, 0.15) is 5.75 Å². The molecule has 1 N–H and O–H groups in total. The molecule has 0 aromatic heterocycles. The number of thiocarbonyl (C=S) groups is 1. The van der Waals surface area contributed by atoms with Crippen LogP contribution >= 0.6 is 12.2 Å². The monoisotopic (exact) mass is 270 g/mol. The van der Waals surface area contributed by atoms with Crippen molar-refractivity contribution in [2.24, 2.45) is 0 Å². The summed E-state index contributed by atoms with van der Waals surface area (Å²) in [6, 6.07) is 16.1. The number of rotatable bonds is 2.